The Hall–Kier alpha value is -0.890. The van der Waals surface area contributed by atoms with Crippen molar-refractivity contribution in [2.75, 3.05) is 0 Å². The summed E-state index contributed by atoms with van der Waals surface area (Å²) in [5.74, 6) is -0.278. The first-order chi connectivity index (χ1) is 6.38. The smallest absolute Gasteiger partial charge is 0.131 e. The minimum atomic E-state index is -0.278. The van der Waals surface area contributed by atoms with Crippen LogP contribution in [0.25, 0.3) is 0 Å². The van der Waals surface area contributed by atoms with Crippen molar-refractivity contribution >= 4 is 0 Å². The number of aliphatic hydroxyl groups excluding tert-OH is 1. The maximum atomic E-state index is 13.6. The molecule has 1 N–H and O–H groups in total. The fraction of sp³-hybridized carbons (Fsp3) is 0.500. The van der Waals surface area contributed by atoms with E-state index in [0.29, 0.717) is 11.1 Å². The lowest BCUT2D eigenvalue weighted by Gasteiger charge is -2.23. The molecule has 1 nitrogen and oxygen atoms in total. The van der Waals surface area contributed by atoms with Gasteiger partial charge in [0.25, 0.3) is 0 Å². The molecule has 0 saturated carbocycles. The Labute approximate surface area is 84.6 Å². The second kappa shape index (κ2) is 3.70. The van der Waals surface area contributed by atoms with Crippen molar-refractivity contribution in [1.82, 2.24) is 0 Å². The predicted molar refractivity (Wildman–Crippen MR) is 55.8 cm³/mol. The molecule has 0 unspecified atom stereocenters. The molecule has 0 aliphatic heterocycles. The molecule has 0 aliphatic carbocycles. The second-order valence-corrected chi connectivity index (χ2v) is 4.63. The van der Waals surface area contributed by atoms with Crippen LogP contribution in [0.4, 0.5) is 4.39 Å². The van der Waals surface area contributed by atoms with E-state index in [1.165, 1.54) is 0 Å². The summed E-state index contributed by atoms with van der Waals surface area (Å²) >= 11 is 0. The fourth-order valence-electron chi connectivity index (χ4n) is 1.60. The summed E-state index contributed by atoms with van der Waals surface area (Å²) in [6, 6.07) is 3.65. The SMILES string of the molecule is Cc1ccc(C(C)(C)C)c(CO)c1F. The Kier molecular flexibility index (Phi) is 2.95. The molecule has 0 spiro atoms. The third-order valence-corrected chi connectivity index (χ3v) is 2.40. The highest BCUT2D eigenvalue weighted by Gasteiger charge is 2.20. The Morgan fingerprint density at radius 1 is 1.29 bits per heavy atom. The van der Waals surface area contributed by atoms with Crippen molar-refractivity contribution in [3.63, 3.8) is 0 Å². The molecular weight excluding hydrogens is 179 g/mol. The zero-order valence-electron chi connectivity index (χ0n) is 9.19. The summed E-state index contributed by atoms with van der Waals surface area (Å²) in [5.41, 5.74) is 1.76. The highest BCUT2D eigenvalue weighted by molar-refractivity contribution is 5.37. The van der Waals surface area contributed by atoms with Crippen LogP contribution in [0.3, 0.4) is 0 Å². The van der Waals surface area contributed by atoms with Gasteiger partial charge in [-0.25, -0.2) is 4.39 Å². The molecule has 14 heavy (non-hydrogen) atoms. The van der Waals surface area contributed by atoms with Gasteiger partial charge in [0.2, 0.25) is 0 Å². The van der Waals surface area contributed by atoms with Crippen molar-refractivity contribution in [3.05, 3.63) is 34.6 Å². The molecule has 1 aromatic carbocycles. The lowest BCUT2D eigenvalue weighted by atomic mass is 9.83. The number of rotatable bonds is 1. The van der Waals surface area contributed by atoms with Gasteiger partial charge >= 0.3 is 0 Å². The van der Waals surface area contributed by atoms with E-state index in [4.69, 9.17) is 5.11 Å². The molecule has 0 aromatic heterocycles. The van der Waals surface area contributed by atoms with E-state index in [0.717, 1.165) is 5.56 Å². The predicted octanol–water partition coefficient (Wildman–Crippen LogP) is 2.92. The van der Waals surface area contributed by atoms with Crippen LogP contribution < -0.4 is 0 Å². The number of benzene rings is 1. The molecule has 0 bridgehead atoms. The first-order valence-electron chi connectivity index (χ1n) is 4.77. The first-order valence-corrected chi connectivity index (χ1v) is 4.77. The summed E-state index contributed by atoms with van der Waals surface area (Å²) in [6.07, 6.45) is 0. The third kappa shape index (κ3) is 1.95. The number of hydrogen-bond donors (Lipinski definition) is 1. The molecule has 0 fully saturated rings. The van der Waals surface area contributed by atoms with E-state index >= 15 is 0 Å². The average molecular weight is 196 g/mol. The lowest BCUT2D eigenvalue weighted by Crippen LogP contribution is -2.16. The van der Waals surface area contributed by atoms with Crippen LogP contribution in [0.15, 0.2) is 12.1 Å². The lowest BCUT2D eigenvalue weighted by molar-refractivity contribution is 0.271. The fourth-order valence-corrected chi connectivity index (χ4v) is 1.60. The van der Waals surface area contributed by atoms with Gasteiger partial charge in [-0.15, -0.1) is 0 Å². The zero-order valence-corrected chi connectivity index (χ0v) is 9.19. The van der Waals surface area contributed by atoms with Crippen molar-refractivity contribution < 1.29 is 9.50 Å². The molecular formula is C12H17FO. The Morgan fingerprint density at radius 3 is 2.29 bits per heavy atom. The van der Waals surface area contributed by atoms with E-state index in [2.05, 4.69) is 0 Å². The van der Waals surface area contributed by atoms with Gasteiger partial charge in [0.15, 0.2) is 0 Å². The van der Waals surface area contributed by atoms with Crippen LogP contribution >= 0.6 is 0 Å². The van der Waals surface area contributed by atoms with Crippen molar-refractivity contribution in [3.8, 4) is 0 Å². The van der Waals surface area contributed by atoms with Crippen LogP contribution in [-0.2, 0) is 12.0 Å². The molecule has 0 atom stereocenters. The van der Waals surface area contributed by atoms with Crippen LogP contribution in [0.5, 0.6) is 0 Å². The molecule has 1 aromatic rings. The maximum absolute atomic E-state index is 13.6. The topological polar surface area (TPSA) is 20.2 Å². The molecule has 1 rings (SSSR count). The molecule has 0 amide bonds. The van der Waals surface area contributed by atoms with E-state index in [1.807, 2.05) is 26.8 Å². The van der Waals surface area contributed by atoms with Crippen LogP contribution in [0.2, 0.25) is 0 Å². The Morgan fingerprint density at radius 2 is 1.86 bits per heavy atom. The summed E-state index contributed by atoms with van der Waals surface area (Å²) < 4.78 is 13.6. The molecule has 0 radical (unpaired) electrons. The third-order valence-electron chi connectivity index (χ3n) is 2.40. The van der Waals surface area contributed by atoms with Crippen molar-refractivity contribution in [2.24, 2.45) is 0 Å². The number of hydrogen-bond acceptors (Lipinski definition) is 1. The van der Waals surface area contributed by atoms with E-state index in [9.17, 15) is 4.39 Å². The highest BCUT2D eigenvalue weighted by atomic mass is 19.1. The minimum absolute atomic E-state index is 0.132. The standard InChI is InChI=1S/C12H17FO/c1-8-5-6-10(12(2,3)4)9(7-14)11(8)13/h5-6,14H,7H2,1-4H3. The second-order valence-electron chi connectivity index (χ2n) is 4.63. The van der Waals surface area contributed by atoms with Crippen molar-refractivity contribution in [1.29, 1.82) is 0 Å². The van der Waals surface area contributed by atoms with Gasteiger partial charge in [-0.1, -0.05) is 32.9 Å². The van der Waals surface area contributed by atoms with Gasteiger partial charge in [0.1, 0.15) is 5.82 Å². The van der Waals surface area contributed by atoms with Gasteiger partial charge in [-0.2, -0.15) is 0 Å². The van der Waals surface area contributed by atoms with Crippen LogP contribution in [0.1, 0.15) is 37.5 Å². The molecule has 0 aliphatic rings. The molecule has 0 heterocycles. The van der Waals surface area contributed by atoms with E-state index in [-0.39, 0.29) is 17.8 Å². The molecule has 78 valence electrons. The van der Waals surface area contributed by atoms with E-state index in [1.54, 1.807) is 13.0 Å². The number of aliphatic hydroxyl groups is 1. The van der Waals surface area contributed by atoms with E-state index < -0.39 is 0 Å². The summed E-state index contributed by atoms with van der Waals surface area (Å²) in [4.78, 5) is 0. The first kappa shape index (κ1) is 11.2. The van der Waals surface area contributed by atoms with Crippen LogP contribution in [-0.4, -0.2) is 5.11 Å². The average Bonchev–Trinajstić information content (AvgIpc) is 2.07. The molecule has 2 heteroatoms. The quantitative estimate of drug-likeness (QED) is 0.732. The van der Waals surface area contributed by atoms with Crippen molar-refractivity contribution in [2.45, 2.75) is 39.7 Å². The maximum Gasteiger partial charge on any atom is 0.131 e. The normalized spacial score (nSPS) is 11.9. The van der Waals surface area contributed by atoms with Crippen LogP contribution in [0, 0.1) is 12.7 Å². The van der Waals surface area contributed by atoms with Gasteiger partial charge in [-0.05, 0) is 23.5 Å². The van der Waals surface area contributed by atoms with Gasteiger partial charge in [-0.3, -0.25) is 0 Å². The molecule has 0 saturated heterocycles. The van der Waals surface area contributed by atoms with Gasteiger partial charge in [0, 0.05) is 5.56 Å². The Balaban J connectivity index is 3.39. The highest BCUT2D eigenvalue weighted by Crippen LogP contribution is 2.28. The van der Waals surface area contributed by atoms with Gasteiger partial charge in [0.05, 0.1) is 6.61 Å². The summed E-state index contributed by atoms with van der Waals surface area (Å²) in [7, 11) is 0. The number of aryl methyl sites for hydroxylation is 1. The minimum Gasteiger partial charge on any atom is -0.392 e. The summed E-state index contributed by atoms with van der Waals surface area (Å²) in [6.45, 7) is 7.50. The monoisotopic (exact) mass is 196 g/mol. The summed E-state index contributed by atoms with van der Waals surface area (Å²) in [5, 5.41) is 9.15. The Bertz CT molecular complexity index is 337. The zero-order chi connectivity index (χ0) is 10.9. The largest absolute Gasteiger partial charge is 0.392 e. The van der Waals surface area contributed by atoms with Gasteiger partial charge < -0.3 is 5.11 Å². The number of halogens is 1.